The molecule has 0 saturated heterocycles. The molecule has 126 valence electrons. The molecule has 0 bridgehead atoms. The first-order valence-corrected chi connectivity index (χ1v) is 8.77. The molecule has 1 atom stereocenters. The molecule has 2 heteroatoms. The zero-order valence-electron chi connectivity index (χ0n) is 15.7. The molecule has 0 spiro atoms. The number of aryl methyl sites for hydroxylation is 2. The number of hydrogen-bond acceptors (Lipinski definition) is 2. The molecule has 0 fully saturated rings. The Morgan fingerprint density at radius 1 is 1.08 bits per heavy atom. The highest BCUT2D eigenvalue weighted by Gasteiger charge is 2.33. The lowest BCUT2D eigenvalue weighted by Crippen LogP contribution is -2.45. The first kappa shape index (κ1) is 16.8. The molecule has 1 heterocycles. The highest BCUT2D eigenvalue weighted by molar-refractivity contribution is 5.83. The van der Waals surface area contributed by atoms with Crippen molar-refractivity contribution in [2.75, 3.05) is 11.9 Å². The van der Waals surface area contributed by atoms with Gasteiger partial charge in [0, 0.05) is 24.5 Å². The van der Waals surface area contributed by atoms with Crippen molar-refractivity contribution >= 4 is 17.6 Å². The molecule has 24 heavy (non-hydrogen) atoms. The summed E-state index contributed by atoms with van der Waals surface area (Å²) in [5.41, 5.74) is 7.77. The van der Waals surface area contributed by atoms with Crippen LogP contribution in [0.25, 0.3) is 0 Å². The maximum atomic E-state index is 4.66. The standard InChI is InChI=1S/C22H28N2/c1-15-7-9-19(11-16(15)2)23-14-18-8-10-21-20(12-18)17(3)13-22(4,5)24(21)6/h7-12,14,17H,13H2,1-6H3. The molecule has 1 unspecified atom stereocenters. The molecule has 0 aliphatic carbocycles. The van der Waals surface area contributed by atoms with Crippen LogP contribution < -0.4 is 4.90 Å². The molecular formula is C22H28N2. The van der Waals surface area contributed by atoms with Gasteiger partial charge in [-0.05, 0) is 86.6 Å². The van der Waals surface area contributed by atoms with E-state index >= 15 is 0 Å². The predicted molar refractivity (Wildman–Crippen MR) is 105 cm³/mol. The second-order valence-electron chi connectivity index (χ2n) is 7.82. The minimum atomic E-state index is 0.210. The lowest BCUT2D eigenvalue weighted by molar-refractivity contribution is 0.395. The Hall–Kier alpha value is -2.09. The molecule has 1 aliphatic rings. The average molecular weight is 320 g/mol. The summed E-state index contributed by atoms with van der Waals surface area (Å²) in [6.45, 7) is 11.2. The van der Waals surface area contributed by atoms with Crippen LogP contribution in [0.1, 0.15) is 55.4 Å². The van der Waals surface area contributed by atoms with Crippen LogP contribution in [0, 0.1) is 13.8 Å². The summed E-state index contributed by atoms with van der Waals surface area (Å²) in [6.07, 6.45) is 3.16. The molecule has 2 aromatic rings. The molecule has 2 nitrogen and oxygen atoms in total. The highest BCUT2D eigenvalue weighted by atomic mass is 15.2. The highest BCUT2D eigenvalue weighted by Crippen LogP contribution is 2.42. The third kappa shape index (κ3) is 3.10. The van der Waals surface area contributed by atoms with Gasteiger partial charge in [0.15, 0.2) is 0 Å². The van der Waals surface area contributed by atoms with E-state index in [1.807, 2.05) is 6.21 Å². The van der Waals surface area contributed by atoms with Crippen molar-refractivity contribution in [1.82, 2.24) is 0 Å². The van der Waals surface area contributed by atoms with Crippen LogP contribution in [0.5, 0.6) is 0 Å². The van der Waals surface area contributed by atoms with Gasteiger partial charge in [-0.3, -0.25) is 4.99 Å². The number of rotatable bonds is 2. The molecule has 0 radical (unpaired) electrons. The Bertz CT molecular complexity index is 787. The Morgan fingerprint density at radius 3 is 2.54 bits per heavy atom. The van der Waals surface area contributed by atoms with Crippen molar-refractivity contribution in [3.8, 4) is 0 Å². The zero-order chi connectivity index (χ0) is 17.5. The molecule has 1 aliphatic heterocycles. The van der Waals surface area contributed by atoms with Crippen LogP contribution in [0.4, 0.5) is 11.4 Å². The first-order valence-electron chi connectivity index (χ1n) is 8.77. The van der Waals surface area contributed by atoms with E-state index in [0.29, 0.717) is 5.92 Å². The van der Waals surface area contributed by atoms with Gasteiger partial charge in [0.1, 0.15) is 0 Å². The Morgan fingerprint density at radius 2 is 1.83 bits per heavy atom. The maximum absolute atomic E-state index is 4.66. The molecule has 0 aromatic heterocycles. The maximum Gasteiger partial charge on any atom is 0.0632 e. The Labute approximate surface area is 146 Å². The molecular weight excluding hydrogens is 292 g/mol. The minimum Gasteiger partial charge on any atom is -0.369 e. The first-order chi connectivity index (χ1) is 11.3. The van der Waals surface area contributed by atoms with Crippen LogP contribution in [-0.2, 0) is 0 Å². The van der Waals surface area contributed by atoms with Gasteiger partial charge in [-0.15, -0.1) is 0 Å². The topological polar surface area (TPSA) is 15.6 Å². The number of nitrogens with zero attached hydrogens (tertiary/aromatic N) is 2. The van der Waals surface area contributed by atoms with Gasteiger partial charge in [-0.25, -0.2) is 0 Å². The Kier molecular flexibility index (Phi) is 4.25. The van der Waals surface area contributed by atoms with Gasteiger partial charge in [-0.2, -0.15) is 0 Å². The van der Waals surface area contributed by atoms with E-state index in [-0.39, 0.29) is 5.54 Å². The third-order valence-corrected chi connectivity index (χ3v) is 5.51. The quantitative estimate of drug-likeness (QED) is 0.641. The van der Waals surface area contributed by atoms with E-state index in [9.17, 15) is 0 Å². The van der Waals surface area contributed by atoms with Gasteiger partial charge < -0.3 is 4.90 Å². The van der Waals surface area contributed by atoms with E-state index < -0.39 is 0 Å². The van der Waals surface area contributed by atoms with Crippen molar-refractivity contribution < 1.29 is 0 Å². The summed E-state index contributed by atoms with van der Waals surface area (Å²) in [7, 11) is 2.20. The lowest BCUT2D eigenvalue weighted by atomic mass is 9.80. The van der Waals surface area contributed by atoms with Crippen LogP contribution in [0.15, 0.2) is 41.4 Å². The summed E-state index contributed by atoms with van der Waals surface area (Å²) in [5.74, 6) is 0.571. The third-order valence-electron chi connectivity index (χ3n) is 5.51. The van der Waals surface area contributed by atoms with Gasteiger partial charge in [0.25, 0.3) is 0 Å². The van der Waals surface area contributed by atoms with E-state index in [2.05, 4.69) is 88.0 Å². The predicted octanol–water partition coefficient (Wildman–Crippen LogP) is 5.78. The fourth-order valence-electron chi connectivity index (χ4n) is 3.63. The van der Waals surface area contributed by atoms with E-state index in [0.717, 1.165) is 5.69 Å². The van der Waals surface area contributed by atoms with E-state index in [4.69, 9.17) is 0 Å². The number of anilines is 1. The molecule has 2 aromatic carbocycles. The van der Waals surface area contributed by atoms with Gasteiger partial charge >= 0.3 is 0 Å². The zero-order valence-corrected chi connectivity index (χ0v) is 15.7. The van der Waals surface area contributed by atoms with Crippen molar-refractivity contribution in [1.29, 1.82) is 0 Å². The number of aliphatic imine (C=N–C) groups is 1. The summed E-state index contributed by atoms with van der Waals surface area (Å²) in [4.78, 5) is 7.07. The van der Waals surface area contributed by atoms with Crippen molar-refractivity contribution in [3.05, 3.63) is 58.7 Å². The van der Waals surface area contributed by atoms with E-state index in [1.165, 1.54) is 34.4 Å². The monoisotopic (exact) mass is 320 g/mol. The summed E-state index contributed by atoms with van der Waals surface area (Å²) in [6, 6.07) is 13.1. The fourth-order valence-corrected chi connectivity index (χ4v) is 3.63. The molecule has 3 rings (SSSR count). The normalized spacial score (nSPS) is 19.6. The minimum absolute atomic E-state index is 0.210. The van der Waals surface area contributed by atoms with Crippen LogP contribution in [0.2, 0.25) is 0 Å². The lowest BCUT2D eigenvalue weighted by Gasteiger charge is -2.45. The largest absolute Gasteiger partial charge is 0.369 e. The fraction of sp³-hybridized carbons (Fsp3) is 0.409. The van der Waals surface area contributed by atoms with Crippen molar-refractivity contribution in [2.45, 2.75) is 52.5 Å². The molecule has 0 N–H and O–H groups in total. The second kappa shape index (κ2) is 6.08. The average Bonchev–Trinajstić information content (AvgIpc) is 2.53. The van der Waals surface area contributed by atoms with Crippen LogP contribution >= 0.6 is 0 Å². The van der Waals surface area contributed by atoms with Crippen molar-refractivity contribution in [2.24, 2.45) is 4.99 Å². The van der Waals surface area contributed by atoms with E-state index in [1.54, 1.807) is 0 Å². The van der Waals surface area contributed by atoms with Gasteiger partial charge in [0.05, 0.1) is 5.69 Å². The summed E-state index contributed by atoms with van der Waals surface area (Å²) >= 11 is 0. The number of hydrogen-bond donors (Lipinski definition) is 0. The number of fused-ring (bicyclic) bond motifs is 1. The second-order valence-corrected chi connectivity index (χ2v) is 7.82. The summed E-state index contributed by atoms with van der Waals surface area (Å²) < 4.78 is 0. The smallest absolute Gasteiger partial charge is 0.0632 e. The Balaban J connectivity index is 1.90. The van der Waals surface area contributed by atoms with Crippen LogP contribution in [0.3, 0.4) is 0 Å². The number of benzene rings is 2. The molecule has 0 saturated carbocycles. The summed E-state index contributed by atoms with van der Waals surface area (Å²) in [5, 5.41) is 0. The van der Waals surface area contributed by atoms with Gasteiger partial charge in [-0.1, -0.05) is 19.1 Å². The van der Waals surface area contributed by atoms with Crippen molar-refractivity contribution in [3.63, 3.8) is 0 Å². The molecule has 0 amide bonds. The van der Waals surface area contributed by atoms with Crippen LogP contribution in [-0.4, -0.2) is 18.8 Å². The SMILES string of the molecule is Cc1ccc(N=Cc2ccc3c(c2)C(C)CC(C)(C)N3C)cc1C. The van der Waals surface area contributed by atoms with Gasteiger partial charge in [0.2, 0.25) is 0 Å².